The van der Waals surface area contributed by atoms with Crippen LogP contribution in [0, 0.1) is 6.92 Å². The Hall–Kier alpha value is -2.88. The van der Waals surface area contributed by atoms with E-state index in [1.165, 1.54) is 0 Å². The second kappa shape index (κ2) is 4.31. The van der Waals surface area contributed by atoms with E-state index in [0.29, 0.717) is 16.7 Å². The quantitative estimate of drug-likeness (QED) is 0.529. The summed E-state index contributed by atoms with van der Waals surface area (Å²) in [6, 6.07) is 14.8. The zero-order valence-corrected chi connectivity index (χ0v) is 11.3. The van der Waals surface area contributed by atoms with Gasteiger partial charge in [-0.05, 0) is 25.1 Å². The minimum absolute atomic E-state index is 0.215. The van der Waals surface area contributed by atoms with Gasteiger partial charge in [0.1, 0.15) is 5.58 Å². The van der Waals surface area contributed by atoms with Crippen molar-refractivity contribution >= 4 is 21.9 Å². The largest absolute Gasteiger partial charge is 0.451 e. The van der Waals surface area contributed by atoms with Crippen molar-refractivity contribution in [2.75, 3.05) is 0 Å². The van der Waals surface area contributed by atoms with Crippen LogP contribution in [0.4, 0.5) is 0 Å². The van der Waals surface area contributed by atoms with Crippen molar-refractivity contribution < 1.29 is 8.83 Å². The number of fused-ring (bicyclic) bond motifs is 2. The minimum atomic E-state index is -0.407. The molecule has 102 valence electrons. The molecule has 0 unspecified atom stereocenters. The summed E-state index contributed by atoms with van der Waals surface area (Å²) in [5.74, 6) is 0.714. The van der Waals surface area contributed by atoms with Crippen LogP contribution in [0.5, 0.6) is 0 Å². The van der Waals surface area contributed by atoms with Crippen molar-refractivity contribution in [3.8, 4) is 11.7 Å². The first-order valence-electron chi connectivity index (χ1n) is 6.62. The Balaban J connectivity index is 2.04. The molecule has 0 aliphatic carbocycles. The van der Waals surface area contributed by atoms with Gasteiger partial charge >= 0.3 is 5.63 Å². The predicted molar refractivity (Wildman–Crippen MR) is 80.2 cm³/mol. The molecule has 0 fully saturated rings. The van der Waals surface area contributed by atoms with E-state index in [2.05, 4.69) is 4.98 Å². The normalized spacial score (nSPS) is 11.3. The van der Waals surface area contributed by atoms with Crippen molar-refractivity contribution in [3.05, 3.63) is 64.5 Å². The van der Waals surface area contributed by atoms with E-state index in [-0.39, 0.29) is 5.89 Å². The maximum atomic E-state index is 12.1. The molecule has 4 heteroatoms. The maximum Gasteiger partial charge on any atom is 0.347 e. The maximum absolute atomic E-state index is 12.1. The first-order valence-corrected chi connectivity index (χ1v) is 6.62. The van der Waals surface area contributed by atoms with Crippen LogP contribution in [0.1, 0.15) is 5.56 Å². The van der Waals surface area contributed by atoms with E-state index in [1.807, 2.05) is 37.3 Å². The molecule has 0 saturated carbocycles. The summed E-state index contributed by atoms with van der Waals surface area (Å²) in [5, 5.41) is 1.46. The lowest BCUT2D eigenvalue weighted by molar-refractivity contribution is 0.490. The van der Waals surface area contributed by atoms with E-state index in [4.69, 9.17) is 8.83 Å². The number of hydrogen-bond donors (Lipinski definition) is 0. The number of para-hydroxylation sites is 2. The molecule has 4 aromatic rings. The Labute approximate surface area is 119 Å². The van der Waals surface area contributed by atoms with Crippen LogP contribution in [0.3, 0.4) is 0 Å². The smallest absolute Gasteiger partial charge is 0.347 e. The molecule has 0 amide bonds. The van der Waals surface area contributed by atoms with Crippen LogP contribution in [-0.2, 0) is 0 Å². The highest BCUT2D eigenvalue weighted by Gasteiger charge is 2.17. The third kappa shape index (κ3) is 1.76. The number of furan rings is 1. The number of nitrogens with zero attached hydrogens (tertiary/aromatic N) is 1. The summed E-state index contributed by atoms with van der Waals surface area (Å²) in [6.07, 6.45) is 0. The Morgan fingerprint density at radius 2 is 1.62 bits per heavy atom. The van der Waals surface area contributed by atoms with E-state index in [0.717, 1.165) is 16.5 Å². The average molecular weight is 277 g/mol. The number of rotatable bonds is 1. The molecule has 21 heavy (non-hydrogen) atoms. The number of hydrogen-bond acceptors (Lipinski definition) is 4. The van der Waals surface area contributed by atoms with Crippen LogP contribution in [-0.4, -0.2) is 4.98 Å². The summed E-state index contributed by atoms with van der Waals surface area (Å²) in [7, 11) is 0. The molecular weight excluding hydrogens is 266 g/mol. The third-order valence-corrected chi connectivity index (χ3v) is 3.57. The van der Waals surface area contributed by atoms with Gasteiger partial charge < -0.3 is 8.83 Å². The van der Waals surface area contributed by atoms with Gasteiger partial charge in [-0.25, -0.2) is 9.78 Å². The Kier molecular flexibility index (Phi) is 2.44. The second-order valence-electron chi connectivity index (χ2n) is 4.88. The van der Waals surface area contributed by atoms with Crippen molar-refractivity contribution in [1.29, 1.82) is 0 Å². The first kappa shape index (κ1) is 11.9. The van der Waals surface area contributed by atoms with Crippen LogP contribution < -0.4 is 5.63 Å². The Morgan fingerprint density at radius 1 is 0.905 bits per heavy atom. The fourth-order valence-corrected chi connectivity index (χ4v) is 2.49. The molecule has 0 aliphatic rings. The fourth-order valence-electron chi connectivity index (χ4n) is 2.49. The van der Waals surface area contributed by atoms with E-state index in [9.17, 15) is 4.79 Å². The van der Waals surface area contributed by atoms with Gasteiger partial charge in [0.25, 0.3) is 5.89 Å². The summed E-state index contributed by atoms with van der Waals surface area (Å²) < 4.78 is 11.1. The predicted octanol–water partition coefficient (Wildman–Crippen LogP) is 3.91. The van der Waals surface area contributed by atoms with Gasteiger partial charge in [0.2, 0.25) is 0 Å². The second-order valence-corrected chi connectivity index (χ2v) is 4.88. The minimum Gasteiger partial charge on any atom is -0.451 e. The Morgan fingerprint density at radius 3 is 2.43 bits per heavy atom. The van der Waals surface area contributed by atoms with Crippen LogP contribution >= 0.6 is 0 Å². The highest BCUT2D eigenvalue weighted by molar-refractivity contribution is 5.87. The van der Waals surface area contributed by atoms with Crippen molar-refractivity contribution in [3.63, 3.8) is 0 Å². The average Bonchev–Trinajstić information content (AvgIpc) is 2.85. The van der Waals surface area contributed by atoms with Gasteiger partial charge in [0, 0.05) is 10.9 Å². The molecule has 0 saturated heterocycles. The molecule has 0 atom stereocenters. The topological polar surface area (TPSA) is 56.2 Å². The van der Waals surface area contributed by atoms with E-state index in [1.54, 1.807) is 18.2 Å². The zero-order valence-electron chi connectivity index (χ0n) is 11.3. The monoisotopic (exact) mass is 277 g/mol. The molecule has 2 aromatic heterocycles. The lowest BCUT2D eigenvalue weighted by Gasteiger charge is -1.99. The molecule has 4 rings (SSSR count). The molecule has 2 heterocycles. The van der Waals surface area contributed by atoms with E-state index >= 15 is 0 Å². The summed E-state index contributed by atoms with van der Waals surface area (Å²) in [6.45, 7) is 1.93. The number of aryl methyl sites for hydroxylation is 1. The summed E-state index contributed by atoms with van der Waals surface area (Å²) in [5.41, 5.74) is 1.86. The molecule has 0 radical (unpaired) electrons. The van der Waals surface area contributed by atoms with E-state index < -0.39 is 5.63 Å². The third-order valence-electron chi connectivity index (χ3n) is 3.57. The Bertz CT molecular complexity index is 1030. The van der Waals surface area contributed by atoms with Gasteiger partial charge in [-0.2, -0.15) is 0 Å². The van der Waals surface area contributed by atoms with Gasteiger partial charge in [-0.15, -0.1) is 0 Å². The van der Waals surface area contributed by atoms with Gasteiger partial charge in [0.05, 0.1) is 10.9 Å². The number of aromatic nitrogens is 1. The highest BCUT2D eigenvalue weighted by Crippen LogP contribution is 2.31. The lowest BCUT2D eigenvalue weighted by Crippen LogP contribution is -2.02. The standard InChI is InChI=1S/C17H11NO3/c1-10-11-6-3-5-9-14(11)20-15(10)16-18-13-8-4-2-7-12(13)17(19)21-16/h2-9H,1H3. The first-order chi connectivity index (χ1) is 10.2. The van der Waals surface area contributed by atoms with Gasteiger partial charge in [0.15, 0.2) is 5.76 Å². The summed E-state index contributed by atoms with van der Waals surface area (Å²) in [4.78, 5) is 16.5. The van der Waals surface area contributed by atoms with Crippen molar-refractivity contribution in [1.82, 2.24) is 4.98 Å². The summed E-state index contributed by atoms with van der Waals surface area (Å²) >= 11 is 0. The molecule has 0 bridgehead atoms. The number of benzene rings is 2. The van der Waals surface area contributed by atoms with Crippen LogP contribution in [0.2, 0.25) is 0 Å². The molecule has 0 spiro atoms. The van der Waals surface area contributed by atoms with Crippen molar-refractivity contribution in [2.45, 2.75) is 6.92 Å². The molecule has 4 nitrogen and oxygen atoms in total. The van der Waals surface area contributed by atoms with Crippen LogP contribution in [0.25, 0.3) is 33.5 Å². The molecular formula is C17H11NO3. The SMILES string of the molecule is Cc1c(-c2nc3ccccc3c(=O)o2)oc2ccccc12. The van der Waals surface area contributed by atoms with Gasteiger partial charge in [-0.1, -0.05) is 30.3 Å². The molecule has 2 aromatic carbocycles. The highest BCUT2D eigenvalue weighted by atomic mass is 16.4. The van der Waals surface area contributed by atoms with Crippen molar-refractivity contribution in [2.24, 2.45) is 0 Å². The lowest BCUT2D eigenvalue weighted by atomic mass is 10.1. The zero-order chi connectivity index (χ0) is 14.4. The molecule has 0 aliphatic heterocycles. The fraction of sp³-hybridized carbons (Fsp3) is 0.0588. The van der Waals surface area contributed by atoms with Crippen LogP contribution in [0.15, 0.2) is 62.2 Å². The molecule has 0 N–H and O–H groups in total. The van der Waals surface area contributed by atoms with Gasteiger partial charge in [-0.3, -0.25) is 0 Å².